The Hall–Kier alpha value is -2.95. The minimum absolute atomic E-state index is 0.0260. The fourth-order valence-corrected chi connectivity index (χ4v) is 3.26. The van der Waals surface area contributed by atoms with E-state index in [9.17, 15) is 4.79 Å². The van der Waals surface area contributed by atoms with Crippen LogP contribution in [0.4, 0.5) is 5.69 Å². The summed E-state index contributed by atoms with van der Waals surface area (Å²) in [5.41, 5.74) is 4.98. The van der Waals surface area contributed by atoms with Crippen molar-refractivity contribution in [3.8, 4) is 11.5 Å². The Kier molecular flexibility index (Phi) is 3.84. The molecule has 0 bridgehead atoms. The van der Waals surface area contributed by atoms with E-state index in [1.807, 2.05) is 29.2 Å². The first-order valence-corrected chi connectivity index (χ1v) is 8.44. The first-order chi connectivity index (χ1) is 12.1. The maximum atomic E-state index is 13.0. The summed E-state index contributed by atoms with van der Waals surface area (Å²) in [6.45, 7) is 4.61. The molecular formula is C20H19N3O2. The molecule has 1 aromatic heterocycles. The van der Waals surface area contributed by atoms with Crippen LogP contribution in [0.25, 0.3) is 11.5 Å². The number of hydrogen-bond acceptors (Lipinski definition) is 4. The molecule has 5 nitrogen and oxygen atoms in total. The van der Waals surface area contributed by atoms with Gasteiger partial charge in [0.2, 0.25) is 0 Å². The first kappa shape index (κ1) is 15.6. The summed E-state index contributed by atoms with van der Waals surface area (Å²) in [6, 6.07) is 13.6. The van der Waals surface area contributed by atoms with Gasteiger partial charge in [-0.25, -0.2) is 0 Å². The molecule has 0 atom stereocenters. The molecule has 126 valence electrons. The molecule has 4 rings (SSSR count). The number of benzene rings is 2. The van der Waals surface area contributed by atoms with Crippen molar-refractivity contribution < 1.29 is 9.32 Å². The molecule has 5 heteroatoms. The highest BCUT2D eigenvalue weighted by Crippen LogP contribution is 2.29. The van der Waals surface area contributed by atoms with Crippen LogP contribution in [0.1, 0.15) is 33.7 Å². The smallest absolute Gasteiger partial charge is 0.258 e. The van der Waals surface area contributed by atoms with E-state index in [1.54, 1.807) is 6.92 Å². The van der Waals surface area contributed by atoms with Crippen molar-refractivity contribution in [1.29, 1.82) is 0 Å². The monoisotopic (exact) mass is 333 g/mol. The molecule has 0 radical (unpaired) electrons. The van der Waals surface area contributed by atoms with E-state index < -0.39 is 0 Å². The second-order valence-electron chi connectivity index (χ2n) is 6.42. The maximum absolute atomic E-state index is 13.0. The SMILES string of the molecule is Cc1ccc2c(c1)CCCN2C(=O)c1ccc(-c2nc(C)no2)cc1. The summed E-state index contributed by atoms with van der Waals surface area (Å²) in [7, 11) is 0. The van der Waals surface area contributed by atoms with Crippen molar-refractivity contribution in [1.82, 2.24) is 10.1 Å². The third-order valence-electron chi connectivity index (χ3n) is 4.51. The molecule has 0 unspecified atom stereocenters. The number of carbonyl (C=O) groups is 1. The average Bonchev–Trinajstić information content (AvgIpc) is 3.07. The summed E-state index contributed by atoms with van der Waals surface area (Å²) in [4.78, 5) is 19.1. The van der Waals surface area contributed by atoms with Crippen LogP contribution < -0.4 is 4.90 Å². The molecule has 1 aliphatic heterocycles. The standard InChI is InChI=1S/C20H19N3O2/c1-13-5-10-18-17(12-13)4-3-11-23(18)20(24)16-8-6-15(7-9-16)19-21-14(2)22-25-19/h5-10,12H,3-4,11H2,1-2H3. The van der Waals surface area contributed by atoms with E-state index in [0.717, 1.165) is 30.6 Å². The third-order valence-corrected chi connectivity index (χ3v) is 4.51. The maximum Gasteiger partial charge on any atom is 0.258 e. The number of fused-ring (bicyclic) bond motifs is 1. The minimum Gasteiger partial charge on any atom is -0.334 e. The van der Waals surface area contributed by atoms with Crippen molar-refractivity contribution in [2.45, 2.75) is 26.7 Å². The quantitative estimate of drug-likeness (QED) is 0.712. The number of aryl methyl sites for hydroxylation is 3. The van der Waals surface area contributed by atoms with Crippen LogP contribution in [0.5, 0.6) is 0 Å². The summed E-state index contributed by atoms with van der Waals surface area (Å²) in [5.74, 6) is 1.09. The van der Waals surface area contributed by atoms with E-state index in [-0.39, 0.29) is 5.91 Å². The Morgan fingerprint density at radius 2 is 1.92 bits per heavy atom. The molecule has 1 amide bonds. The zero-order valence-electron chi connectivity index (χ0n) is 14.3. The van der Waals surface area contributed by atoms with Crippen LogP contribution in [0.15, 0.2) is 47.0 Å². The zero-order valence-corrected chi connectivity index (χ0v) is 14.3. The highest BCUT2D eigenvalue weighted by Gasteiger charge is 2.23. The van der Waals surface area contributed by atoms with Crippen molar-refractivity contribution in [3.05, 3.63) is 65.0 Å². The van der Waals surface area contributed by atoms with E-state index in [0.29, 0.717) is 17.3 Å². The van der Waals surface area contributed by atoms with Crippen molar-refractivity contribution >= 4 is 11.6 Å². The van der Waals surface area contributed by atoms with E-state index in [4.69, 9.17) is 4.52 Å². The predicted octanol–water partition coefficient (Wildman–Crippen LogP) is 3.95. The van der Waals surface area contributed by atoms with Gasteiger partial charge in [-0.1, -0.05) is 22.9 Å². The van der Waals surface area contributed by atoms with E-state index >= 15 is 0 Å². The van der Waals surface area contributed by atoms with Crippen LogP contribution in [-0.4, -0.2) is 22.6 Å². The molecular weight excluding hydrogens is 314 g/mol. The summed E-state index contributed by atoms with van der Waals surface area (Å²) in [6.07, 6.45) is 2.01. The Morgan fingerprint density at radius 1 is 1.12 bits per heavy atom. The first-order valence-electron chi connectivity index (χ1n) is 8.44. The lowest BCUT2D eigenvalue weighted by molar-refractivity contribution is 0.0985. The average molecular weight is 333 g/mol. The molecule has 25 heavy (non-hydrogen) atoms. The Morgan fingerprint density at radius 3 is 2.64 bits per heavy atom. The molecule has 0 saturated carbocycles. The van der Waals surface area contributed by atoms with Gasteiger partial charge in [0.25, 0.3) is 11.8 Å². The van der Waals surface area contributed by atoms with Gasteiger partial charge in [-0.2, -0.15) is 4.98 Å². The van der Waals surface area contributed by atoms with Gasteiger partial charge in [-0.15, -0.1) is 0 Å². The number of anilines is 1. The number of aromatic nitrogens is 2. The second-order valence-corrected chi connectivity index (χ2v) is 6.42. The summed E-state index contributed by atoms with van der Waals surface area (Å²) in [5, 5.41) is 3.79. The van der Waals surface area contributed by atoms with Crippen molar-refractivity contribution in [2.24, 2.45) is 0 Å². The third kappa shape index (κ3) is 2.93. The molecule has 0 N–H and O–H groups in total. The van der Waals surface area contributed by atoms with Gasteiger partial charge in [0.05, 0.1) is 0 Å². The highest BCUT2D eigenvalue weighted by atomic mass is 16.5. The second kappa shape index (κ2) is 6.16. The van der Waals surface area contributed by atoms with E-state index in [1.165, 1.54) is 11.1 Å². The number of carbonyl (C=O) groups excluding carboxylic acids is 1. The summed E-state index contributed by atoms with van der Waals surface area (Å²) >= 11 is 0. The van der Waals surface area contributed by atoms with Crippen LogP contribution in [0.3, 0.4) is 0 Å². The fourth-order valence-electron chi connectivity index (χ4n) is 3.26. The molecule has 3 aromatic rings. The fraction of sp³-hybridized carbons (Fsp3) is 0.250. The Balaban J connectivity index is 1.62. The Labute approximate surface area is 146 Å². The zero-order chi connectivity index (χ0) is 17.4. The van der Waals surface area contributed by atoms with Crippen LogP contribution in [0.2, 0.25) is 0 Å². The molecule has 0 aliphatic carbocycles. The lowest BCUT2D eigenvalue weighted by Crippen LogP contribution is -2.35. The van der Waals surface area contributed by atoms with Crippen molar-refractivity contribution in [3.63, 3.8) is 0 Å². The number of hydrogen-bond donors (Lipinski definition) is 0. The lowest BCUT2D eigenvalue weighted by atomic mass is 9.98. The molecule has 0 spiro atoms. The van der Waals surface area contributed by atoms with Gasteiger partial charge in [-0.05, 0) is 62.6 Å². The summed E-state index contributed by atoms with van der Waals surface area (Å²) < 4.78 is 5.17. The van der Waals surface area contributed by atoms with Crippen LogP contribution >= 0.6 is 0 Å². The minimum atomic E-state index is 0.0260. The van der Waals surface area contributed by atoms with E-state index in [2.05, 4.69) is 35.3 Å². The molecule has 1 aliphatic rings. The Bertz CT molecular complexity index is 928. The highest BCUT2D eigenvalue weighted by molar-refractivity contribution is 6.07. The van der Waals surface area contributed by atoms with Gasteiger partial charge in [-0.3, -0.25) is 4.79 Å². The predicted molar refractivity (Wildman–Crippen MR) is 95.6 cm³/mol. The molecule has 0 saturated heterocycles. The molecule has 2 heterocycles. The molecule has 2 aromatic carbocycles. The van der Waals surface area contributed by atoms with Crippen molar-refractivity contribution in [2.75, 3.05) is 11.4 Å². The normalized spacial score (nSPS) is 13.6. The van der Waals surface area contributed by atoms with Gasteiger partial charge >= 0.3 is 0 Å². The van der Waals surface area contributed by atoms with Gasteiger partial charge < -0.3 is 9.42 Å². The number of amides is 1. The molecule has 0 fully saturated rings. The van der Waals surface area contributed by atoms with Gasteiger partial charge in [0.1, 0.15) is 0 Å². The van der Waals surface area contributed by atoms with Crippen LogP contribution in [-0.2, 0) is 6.42 Å². The van der Waals surface area contributed by atoms with Crippen LogP contribution in [0, 0.1) is 13.8 Å². The van der Waals surface area contributed by atoms with Gasteiger partial charge in [0, 0.05) is 23.4 Å². The number of nitrogens with zero attached hydrogens (tertiary/aromatic N) is 3. The topological polar surface area (TPSA) is 59.2 Å². The number of rotatable bonds is 2. The largest absolute Gasteiger partial charge is 0.334 e. The van der Waals surface area contributed by atoms with Gasteiger partial charge in [0.15, 0.2) is 5.82 Å². The lowest BCUT2D eigenvalue weighted by Gasteiger charge is -2.30.